The van der Waals surface area contributed by atoms with Crippen molar-refractivity contribution in [1.29, 1.82) is 0 Å². The molecule has 1 saturated carbocycles. The number of nitrogens with zero attached hydrogens (tertiary/aromatic N) is 1. The van der Waals surface area contributed by atoms with Crippen molar-refractivity contribution in [2.24, 2.45) is 0 Å². The predicted octanol–water partition coefficient (Wildman–Crippen LogP) is 0.433. The van der Waals surface area contributed by atoms with Crippen molar-refractivity contribution in [3.63, 3.8) is 0 Å². The molecule has 1 aliphatic rings. The van der Waals surface area contributed by atoms with Crippen molar-refractivity contribution in [1.82, 2.24) is 15.8 Å². The molecular formula is C10H15N3O2. The van der Waals surface area contributed by atoms with Crippen molar-refractivity contribution in [2.75, 3.05) is 6.54 Å². The molecule has 1 amide bonds. The summed E-state index contributed by atoms with van der Waals surface area (Å²) >= 11 is 0. The Morgan fingerprint density at radius 2 is 2.47 bits per heavy atom. The van der Waals surface area contributed by atoms with Crippen LogP contribution in [0.4, 0.5) is 0 Å². The number of rotatable bonds is 6. The first-order valence-corrected chi connectivity index (χ1v) is 5.24. The normalized spacial score (nSPS) is 15.2. The molecule has 0 radical (unpaired) electrons. The van der Waals surface area contributed by atoms with Gasteiger partial charge >= 0.3 is 0 Å². The minimum Gasteiger partial charge on any atom is -0.360 e. The van der Waals surface area contributed by atoms with E-state index in [2.05, 4.69) is 15.8 Å². The van der Waals surface area contributed by atoms with Crippen molar-refractivity contribution >= 4 is 5.91 Å². The van der Waals surface area contributed by atoms with Crippen LogP contribution in [0, 0.1) is 0 Å². The second kappa shape index (κ2) is 4.93. The van der Waals surface area contributed by atoms with Gasteiger partial charge in [-0.2, -0.15) is 0 Å². The first kappa shape index (κ1) is 10.2. The molecular weight excluding hydrogens is 194 g/mol. The van der Waals surface area contributed by atoms with E-state index >= 15 is 0 Å². The highest BCUT2D eigenvalue weighted by Gasteiger charge is 2.19. The molecule has 2 N–H and O–H groups in total. The van der Waals surface area contributed by atoms with Gasteiger partial charge in [0, 0.05) is 25.1 Å². The fourth-order valence-corrected chi connectivity index (χ4v) is 1.28. The highest BCUT2D eigenvalue weighted by atomic mass is 16.5. The van der Waals surface area contributed by atoms with Crippen molar-refractivity contribution in [3.05, 3.63) is 18.0 Å². The van der Waals surface area contributed by atoms with Gasteiger partial charge in [-0.05, 0) is 12.8 Å². The van der Waals surface area contributed by atoms with Gasteiger partial charge in [-0.25, -0.2) is 0 Å². The average Bonchev–Trinajstić information content (AvgIpc) is 2.91. The van der Waals surface area contributed by atoms with E-state index in [-0.39, 0.29) is 5.91 Å². The molecule has 1 aromatic rings. The molecule has 5 nitrogen and oxygen atoms in total. The van der Waals surface area contributed by atoms with E-state index < -0.39 is 0 Å². The molecule has 0 aromatic carbocycles. The Kier molecular flexibility index (Phi) is 3.34. The van der Waals surface area contributed by atoms with E-state index in [4.69, 9.17) is 4.52 Å². The molecule has 1 fully saturated rings. The first-order chi connectivity index (χ1) is 7.34. The van der Waals surface area contributed by atoms with Gasteiger partial charge in [-0.1, -0.05) is 5.16 Å². The number of amides is 1. The molecule has 1 aromatic heterocycles. The zero-order chi connectivity index (χ0) is 10.5. The summed E-state index contributed by atoms with van der Waals surface area (Å²) in [6.07, 6.45) is 4.58. The average molecular weight is 209 g/mol. The lowest BCUT2D eigenvalue weighted by Gasteiger charge is -2.03. The number of carbonyl (C=O) groups is 1. The molecule has 0 spiro atoms. The second-order valence-corrected chi connectivity index (χ2v) is 3.73. The van der Waals surface area contributed by atoms with Crippen LogP contribution < -0.4 is 10.6 Å². The lowest BCUT2D eigenvalue weighted by Crippen LogP contribution is -2.27. The van der Waals surface area contributed by atoms with Crippen LogP contribution in [0.15, 0.2) is 16.8 Å². The van der Waals surface area contributed by atoms with Crippen LogP contribution in [0.3, 0.4) is 0 Å². The Hall–Kier alpha value is -1.36. The van der Waals surface area contributed by atoms with Crippen molar-refractivity contribution in [3.8, 4) is 0 Å². The fraction of sp³-hybridized carbons (Fsp3) is 0.600. The summed E-state index contributed by atoms with van der Waals surface area (Å²) in [6.45, 7) is 1.18. The van der Waals surface area contributed by atoms with Crippen LogP contribution in [0.1, 0.15) is 25.0 Å². The lowest BCUT2D eigenvalue weighted by atomic mass is 10.3. The zero-order valence-corrected chi connectivity index (χ0v) is 8.53. The van der Waals surface area contributed by atoms with Gasteiger partial charge in [0.05, 0.1) is 12.7 Å². The third-order valence-electron chi connectivity index (χ3n) is 2.31. The molecule has 2 rings (SSSR count). The van der Waals surface area contributed by atoms with Gasteiger partial charge in [-0.3, -0.25) is 4.79 Å². The zero-order valence-electron chi connectivity index (χ0n) is 8.53. The number of hydrogen-bond acceptors (Lipinski definition) is 4. The molecule has 0 unspecified atom stereocenters. The predicted molar refractivity (Wildman–Crippen MR) is 54.0 cm³/mol. The maximum Gasteiger partial charge on any atom is 0.221 e. The van der Waals surface area contributed by atoms with Gasteiger partial charge < -0.3 is 15.2 Å². The molecule has 5 heteroatoms. The van der Waals surface area contributed by atoms with Gasteiger partial charge in [-0.15, -0.1) is 0 Å². The molecule has 1 aliphatic carbocycles. The van der Waals surface area contributed by atoms with Crippen LogP contribution in [-0.4, -0.2) is 23.7 Å². The number of aromatic nitrogens is 1. The SMILES string of the molecule is O=C(CCNC1CC1)NCc1ccno1. The minimum absolute atomic E-state index is 0.0413. The second-order valence-electron chi connectivity index (χ2n) is 3.73. The summed E-state index contributed by atoms with van der Waals surface area (Å²) < 4.78 is 4.86. The van der Waals surface area contributed by atoms with Gasteiger partial charge in [0.25, 0.3) is 0 Å². The van der Waals surface area contributed by atoms with Gasteiger partial charge in [0.2, 0.25) is 5.91 Å². The van der Waals surface area contributed by atoms with Gasteiger partial charge in [0.1, 0.15) is 0 Å². The Morgan fingerprint density at radius 3 is 3.13 bits per heavy atom. The molecule has 15 heavy (non-hydrogen) atoms. The third kappa shape index (κ3) is 3.71. The third-order valence-corrected chi connectivity index (χ3v) is 2.31. The quantitative estimate of drug-likeness (QED) is 0.713. The topological polar surface area (TPSA) is 67.2 Å². The number of hydrogen-bond donors (Lipinski definition) is 2. The van der Waals surface area contributed by atoms with E-state index in [0.717, 1.165) is 6.54 Å². The monoisotopic (exact) mass is 209 g/mol. The number of carbonyl (C=O) groups excluding carboxylic acids is 1. The summed E-state index contributed by atoms with van der Waals surface area (Å²) in [6, 6.07) is 2.40. The largest absolute Gasteiger partial charge is 0.360 e. The molecule has 0 atom stereocenters. The Morgan fingerprint density at radius 1 is 1.60 bits per heavy atom. The summed E-state index contributed by atoms with van der Waals surface area (Å²) in [5.74, 6) is 0.720. The van der Waals surface area contributed by atoms with E-state index in [0.29, 0.717) is 24.8 Å². The van der Waals surface area contributed by atoms with Crippen LogP contribution in [-0.2, 0) is 11.3 Å². The Bertz CT molecular complexity index is 306. The van der Waals surface area contributed by atoms with Gasteiger partial charge in [0.15, 0.2) is 5.76 Å². The van der Waals surface area contributed by atoms with Crippen molar-refractivity contribution < 1.29 is 9.32 Å². The van der Waals surface area contributed by atoms with Crippen LogP contribution in [0.2, 0.25) is 0 Å². The Labute approximate surface area is 88.2 Å². The summed E-state index contributed by atoms with van der Waals surface area (Å²) in [5.41, 5.74) is 0. The summed E-state index contributed by atoms with van der Waals surface area (Å²) in [7, 11) is 0. The van der Waals surface area contributed by atoms with E-state index in [1.807, 2.05) is 0 Å². The fourth-order valence-electron chi connectivity index (χ4n) is 1.28. The first-order valence-electron chi connectivity index (χ1n) is 5.24. The molecule has 0 aliphatic heterocycles. The maximum atomic E-state index is 11.3. The van der Waals surface area contributed by atoms with E-state index in [1.165, 1.54) is 12.8 Å². The summed E-state index contributed by atoms with van der Waals surface area (Å²) in [4.78, 5) is 11.3. The van der Waals surface area contributed by atoms with E-state index in [9.17, 15) is 4.79 Å². The van der Waals surface area contributed by atoms with Crippen LogP contribution >= 0.6 is 0 Å². The summed E-state index contributed by atoms with van der Waals surface area (Å²) in [5, 5.41) is 9.61. The maximum absolute atomic E-state index is 11.3. The number of nitrogens with one attached hydrogen (secondary N) is 2. The highest BCUT2D eigenvalue weighted by molar-refractivity contribution is 5.75. The van der Waals surface area contributed by atoms with Crippen LogP contribution in [0.25, 0.3) is 0 Å². The lowest BCUT2D eigenvalue weighted by molar-refractivity contribution is -0.121. The molecule has 0 bridgehead atoms. The van der Waals surface area contributed by atoms with Crippen LogP contribution in [0.5, 0.6) is 0 Å². The molecule has 0 saturated heterocycles. The smallest absolute Gasteiger partial charge is 0.221 e. The molecule has 82 valence electrons. The van der Waals surface area contributed by atoms with Crippen molar-refractivity contribution in [2.45, 2.75) is 31.8 Å². The highest BCUT2D eigenvalue weighted by Crippen LogP contribution is 2.18. The minimum atomic E-state index is 0.0413. The Balaban J connectivity index is 1.55. The van der Waals surface area contributed by atoms with E-state index in [1.54, 1.807) is 12.3 Å². The standard InChI is InChI=1S/C10H15N3O2/c14-10(4-5-11-8-1-2-8)12-7-9-3-6-13-15-9/h3,6,8,11H,1-2,4-5,7H2,(H,12,14). The molecule has 1 heterocycles.